The molecule has 0 saturated carbocycles. The Labute approximate surface area is 92.7 Å². The van der Waals surface area contributed by atoms with Gasteiger partial charge in [0.25, 0.3) is 0 Å². The number of hydrogen-bond donors (Lipinski definition) is 1. The molecular formula is C11H17NO2S. The Morgan fingerprint density at radius 3 is 2.87 bits per heavy atom. The van der Waals surface area contributed by atoms with E-state index in [-0.39, 0.29) is 6.04 Å². The summed E-state index contributed by atoms with van der Waals surface area (Å²) in [5.74, 6) is 2.65. The fraction of sp³-hybridized carbons (Fsp3) is 0.636. The van der Waals surface area contributed by atoms with Gasteiger partial charge >= 0.3 is 0 Å². The monoisotopic (exact) mass is 227 g/mol. The van der Waals surface area contributed by atoms with Crippen molar-refractivity contribution >= 4 is 10.8 Å². The molecule has 2 heterocycles. The molecule has 1 aromatic heterocycles. The van der Waals surface area contributed by atoms with Gasteiger partial charge in [0.05, 0.1) is 12.3 Å². The summed E-state index contributed by atoms with van der Waals surface area (Å²) in [5, 5.41) is 3.51. The van der Waals surface area contributed by atoms with E-state index in [0.717, 1.165) is 30.1 Å². The molecular weight excluding hydrogens is 210 g/mol. The Morgan fingerprint density at radius 2 is 2.27 bits per heavy atom. The van der Waals surface area contributed by atoms with Crippen molar-refractivity contribution in [1.29, 1.82) is 0 Å². The Hall–Kier alpha value is -0.610. The summed E-state index contributed by atoms with van der Waals surface area (Å²) in [7, 11) is -0.576. The summed E-state index contributed by atoms with van der Waals surface area (Å²) in [6, 6.07) is 4.63. The number of hydrogen-bond acceptors (Lipinski definition) is 3. The highest BCUT2D eigenvalue weighted by atomic mass is 32.2. The zero-order chi connectivity index (χ0) is 10.7. The van der Waals surface area contributed by atoms with Gasteiger partial charge in [-0.2, -0.15) is 0 Å². The van der Waals surface area contributed by atoms with Crippen molar-refractivity contribution in [3.05, 3.63) is 24.2 Å². The van der Waals surface area contributed by atoms with Gasteiger partial charge in [0.15, 0.2) is 0 Å². The molecule has 0 aliphatic carbocycles. The third kappa shape index (κ3) is 2.92. The van der Waals surface area contributed by atoms with E-state index in [1.807, 2.05) is 12.1 Å². The minimum Gasteiger partial charge on any atom is -0.468 e. The SMILES string of the molecule is C[C@H](NC1CCS(=O)CC1)c1ccco1. The van der Waals surface area contributed by atoms with Crippen molar-refractivity contribution in [2.24, 2.45) is 0 Å². The van der Waals surface area contributed by atoms with Crippen LogP contribution in [-0.2, 0) is 10.8 Å². The molecule has 15 heavy (non-hydrogen) atoms. The average molecular weight is 227 g/mol. The maximum Gasteiger partial charge on any atom is 0.120 e. The molecule has 84 valence electrons. The first-order chi connectivity index (χ1) is 7.25. The van der Waals surface area contributed by atoms with Crippen LogP contribution in [0.15, 0.2) is 22.8 Å². The Balaban J connectivity index is 1.84. The lowest BCUT2D eigenvalue weighted by atomic mass is 10.1. The van der Waals surface area contributed by atoms with Crippen molar-refractivity contribution in [1.82, 2.24) is 5.32 Å². The standard InChI is InChI=1S/C11H17NO2S/c1-9(11-3-2-6-14-11)12-10-4-7-15(13)8-5-10/h2-3,6,9-10,12H,4-5,7-8H2,1H3/t9-,10?,15?/m0/s1. The molecule has 1 aliphatic heterocycles. The second-order valence-electron chi connectivity index (χ2n) is 4.03. The molecule has 1 aliphatic rings. The van der Waals surface area contributed by atoms with Crippen molar-refractivity contribution in [3.63, 3.8) is 0 Å². The van der Waals surface area contributed by atoms with E-state index in [1.54, 1.807) is 6.26 Å². The molecule has 1 aromatic rings. The Kier molecular flexibility index (Phi) is 3.59. The zero-order valence-electron chi connectivity index (χ0n) is 8.94. The van der Waals surface area contributed by atoms with Crippen LogP contribution >= 0.6 is 0 Å². The highest BCUT2D eigenvalue weighted by molar-refractivity contribution is 7.85. The predicted molar refractivity (Wildman–Crippen MR) is 61.2 cm³/mol. The van der Waals surface area contributed by atoms with Crippen LogP contribution in [0.25, 0.3) is 0 Å². The molecule has 0 radical (unpaired) electrons. The van der Waals surface area contributed by atoms with Crippen LogP contribution in [-0.4, -0.2) is 21.8 Å². The first-order valence-electron chi connectivity index (χ1n) is 5.40. The summed E-state index contributed by atoms with van der Waals surface area (Å²) in [5.41, 5.74) is 0. The van der Waals surface area contributed by atoms with E-state index in [0.29, 0.717) is 6.04 Å². The quantitative estimate of drug-likeness (QED) is 0.856. The normalized spacial score (nSPS) is 28.9. The predicted octanol–water partition coefficient (Wildman–Crippen LogP) is 1.84. The molecule has 1 atom stereocenters. The van der Waals surface area contributed by atoms with Crippen LogP contribution in [0.5, 0.6) is 0 Å². The van der Waals surface area contributed by atoms with E-state index in [2.05, 4.69) is 12.2 Å². The first-order valence-corrected chi connectivity index (χ1v) is 6.89. The summed E-state index contributed by atoms with van der Waals surface area (Å²) in [4.78, 5) is 0. The molecule has 1 fully saturated rings. The number of furan rings is 1. The van der Waals surface area contributed by atoms with Gasteiger partial charge < -0.3 is 9.73 Å². The lowest BCUT2D eigenvalue weighted by Crippen LogP contribution is -2.37. The van der Waals surface area contributed by atoms with Crippen LogP contribution < -0.4 is 5.32 Å². The Morgan fingerprint density at radius 1 is 1.53 bits per heavy atom. The van der Waals surface area contributed by atoms with Crippen LogP contribution in [0.1, 0.15) is 31.6 Å². The van der Waals surface area contributed by atoms with Gasteiger partial charge in [-0.05, 0) is 31.9 Å². The lowest BCUT2D eigenvalue weighted by Gasteiger charge is -2.25. The zero-order valence-corrected chi connectivity index (χ0v) is 9.76. The minimum atomic E-state index is -0.576. The largest absolute Gasteiger partial charge is 0.468 e. The van der Waals surface area contributed by atoms with Gasteiger partial charge in [-0.1, -0.05) is 0 Å². The molecule has 1 saturated heterocycles. The highest BCUT2D eigenvalue weighted by Crippen LogP contribution is 2.17. The van der Waals surface area contributed by atoms with E-state index in [9.17, 15) is 4.21 Å². The Bertz CT molecular complexity index is 313. The van der Waals surface area contributed by atoms with E-state index in [4.69, 9.17) is 4.42 Å². The van der Waals surface area contributed by atoms with Gasteiger partial charge in [-0.15, -0.1) is 0 Å². The first kappa shape index (κ1) is 10.9. The minimum absolute atomic E-state index is 0.247. The summed E-state index contributed by atoms with van der Waals surface area (Å²) in [6.45, 7) is 2.10. The maximum atomic E-state index is 11.2. The van der Waals surface area contributed by atoms with Crippen molar-refractivity contribution in [3.8, 4) is 0 Å². The van der Waals surface area contributed by atoms with Crippen LogP contribution in [0.2, 0.25) is 0 Å². The van der Waals surface area contributed by atoms with Gasteiger partial charge in [0.1, 0.15) is 5.76 Å². The van der Waals surface area contributed by atoms with Crippen molar-refractivity contribution in [2.45, 2.75) is 31.8 Å². The molecule has 0 unspecified atom stereocenters. The lowest BCUT2D eigenvalue weighted by molar-refractivity contribution is 0.373. The van der Waals surface area contributed by atoms with Gasteiger partial charge in [0, 0.05) is 28.3 Å². The summed E-state index contributed by atoms with van der Waals surface area (Å²) < 4.78 is 16.5. The smallest absolute Gasteiger partial charge is 0.120 e. The second kappa shape index (κ2) is 4.94. The van der Waals surface area contributed by atoms with E-state index >= 15 is 0 Å². The van der Waals surface area contributed by atoms with Crippen molar-refractivity contribution in [2.75, 3.05) is 11.5 Å². The van der Waals surface area contributed by atoms with Gasteiger partial charge in [-0.25, -0.2) is 0 Å². The summed E-state index contributed by atoms with van der Waals surface area (Å²) in [6.07, 6.45) is 3.72. The third-order valence-electron chi connectivity index (χ3n) is 2.84. The highest BCUT2D eigenvalue weighted by Gasteiger charge is 2.20. The molecule has 1 N–H and O–H groups in total. The topological polar surface area (TPSA) is 42.2 Å². The van der Waals surface area contributed by atoms with Crippen LogP contribution in [0.3, 0.4) is 0 Å². The van der Waals surface area contributed by atoms with Crippen LogP contribution in [0, 0.1) is 0 Å². The average Bonchev–Trinajstić information content (AvgIpc) is 2.74. The van der Waals surface area contributed by atoms with Gasteiger partial charge in [0.2, 0.25) is 0 Å². The molecule has 2 rings (SSSR count). The van der Waals surface area contributed by atoms with Crippen LogP contribution in [0.4, 0.5) is 0 Å². The fourth-order valence-electron chi connectivity index (χ4n) is 1.93. The molecule has 4 heteroatoms. The molecule has 0 aromatic carbocycles. The van der Waals surface area contributed by atoms with E-state index < -0.39 is 10.8 Å². The van der Waals surface area contributed by atoms with E-state index in [1.165, 1.54) is 0 Å². The number of nitrogens with one attached hydrogen (secondary N) is 1. The summed E-state index contributed by atoms with van der Waals surface area (Å²) >= 11 is 0. The maximum absolute atomic E-state index is 11.2. The third-order valence-corrected chi connectivity index (χ3v) is 4.23. The molecule has 0 amide bonds. The fourth-order valence-corrected chi connectivity index (χ4v) is 3.23. The second-order valence-corrected chi connectivity index (χ2v) is 5.72. The van der Waals surface area contributed by atoms with Gasteiger partial charge in [-0.3, -0.25) is 4.21 Å². The molecule has 0 spiro atoms. The number of rotatable bonds is 3. The molecule has 3 nitrogen and oxygen atoms in total. The van der Waals surface area contributed by atoms with Crippen molar-refractivity contribution < 1.29 is 8.63 Å². The molecule has 0 bridgehead atoms.